The lowest BCUT2D eigenvalue weighted by molar-refractivity contribution is 0.556. The van der Waals surface area contributed by atoms with E-state index in [1.165, 1.54) is 11.1 Å². The molecule has 0 saturated carbocycles. The average molecular weight is 266 g/mol. The molecule has 0 spiro atoms. The van der Waals surface area contributed by atoms with Gasteiger partial charge >= 0.3 is 0 Å². The van der Waals surface area contributed by atoms with Crippen molar-refractivity contribution in [2.45, 2.75) is 33.6 Å². The van der Waals surface area contributed by atoms with Crippen LogP contribution in [0.5, 0.6) is 0 Å². The van der Waals surface area contributed by atoms with Crippen LogP contribution in [0.1, 0.15) is 31.4 Å². The molecule has 1 aromatic carbocycles. The summed E-state index contributed by atoms with van der Waals surface area (Å²) in [5.74, 6) is 0.723. The van der Waals surface area contributed by atoms with Crippen LogP contribution >= 0.6 is 11.6 Å². The van der Waals surface area contributed by atoms with Crippen LogP contribution in [0.2, 0.25) is 5.02 Å². The summed E-state index contributed by atoms with van der Waals surface area (Å²) in [4.78, 5) is 0. The van der Waals surface area contributed by atoms with E-state index in [1.54, 1.807) is 0 Å². The fourth-order valence-electron chi connectivity index (χ4n) is 1.72. The number of benzene rings is 1. The summed E-state index contributed by atoms with van der Waals surface area (Å²) in [6, 6.07) is 6.24. The standard InChI is InChI=1S/C16H24ClN/c1-13(2)12-18-10-6-4-5-7-15-9-8-14(3)11-16(15)17/h4-5,8-9,11,13,18H,6-7,10,12H2,1-3H3/b5-4+. The molecule has 0 aliphatic rings. The molecule has 2 heteroatoms. The van der Waals surface area contributed by atoms with Crippen molar-refractivity contribution in [3.63, 3.8) is 0 Å². The van der Waals surface area contributed by atoms with Crippen LogP contribution in [0.3, 0.4) is 0 Å². The van der Waals surface area contributed by atoms with Crippen molar-refractivity contribution in [2.24, 2.45) is 5.92 Å². The molecule has 100 valence electrons. The number of aryl methyl sites for hydroxylation is 1. The van der Waals surface area contributed by atoms with Crippen LogP contribution < -0.4 is 5.32 Å². The number of rotatable bonds is 7. The first kappa shape index (κ1) is 15.3. The first-order valence-corrected chi connectivity index (χ1v) is 7.08. The fourth-order valence-corrected chi connectivity index (χ4v) is 2.03. The predicted molar refractivity (Wildman–Crippen MR) is 81.4 cm³/mol. The van der Waals surface area contributed by atoms with E-state index in [-0.39, 0.29) is 0 Å². The van der Waals surface area contributed by atoms with Gasteiger partial charge in [-0.25, -0.2) is 0 Å². The molecule has 0 radical (unpaired) electrons. The van der Waals surface area contributed by atoms with Crippen molar-refractivity contribution < 1.29 is 0 Å². The van der Waals surface area contributed by atoms with Crippen LogP contribution in [0, 0.1) is 12.8 Å². The van der Waals surface area contributed by atoms with Crippen LogP contribution in [-0.2, 0) is 6.42 Å². The molecule has 0 aliphatic carbocycles. The molecule has 0 fully saturated rings. The Bertz CT molecular complexity index is 383. The Balaban J connectivity index is 2.24. The van der Waals surface area contributed by atoms with Crippen LogP contribution in [-0.4, -0.2) is 13.1 Å². The lowest BCUT2D eigenvalue weighted by atomic mass is 10.1. The number of hydrogen-bond donors (Lipinski definition) is 1. The van der Waals surface area contributed by atoms with Gasteiger partial charge in [-0.05, 0) is 56.0 Å². The zero-order valence-corrected chi connectivity index (χ0v) is 12.4. The first-order chi connectivity index (χ1) is 8.59. The maximum Gasteiger partial charge on any atom is 0.0443 e. The molecule has 0 heterocycles. The molecule has 0 aromatic heterocycles. The van der Waals surface area contributed by atoms with Gasteiger partial charge in [-0.15, -0.1) is 0 Å². The van der Waals surface area contributed by atoms with Crippen molar-refractivity contribution in [2.75, 3.05) is 13.1 Å². The second-order valence-electron chi connectivity index (χ2n) is 5.16. The highest BCUT2D eigenvalue weighted by atomic mass is 35.5. The summed E-state index contributed by atoms with van der Waals surface area (Å²) < 4.78 is 0. The Morgan fingerprint density at radius 1 is 1.28 bits per heavy atom. The highest BCUT2D eigenvalue weighted by Crippen LogP contribution is 2.18. The zero-order chi connectivity index (χ0) is 13.4. The van der Waals surface area contributed by atoms with E-state index in [0.717, 1.165) is 36.9 Å². The highest BCUT2D eigenvalue weighted by Gasteiger charge is 1.97. The summed E-state index contributed by atoms with van der Waals surface area (Å²) in [5, 5.41) is 4.30. The third-order valence-electron chi connectivity index (χ3n) is 2.75. The summed E-state index contributed by atoms with van der Waals surface area (Å²) >= 11 is 6.18. The molecule has 0 bridgehead atoms. The van der Waals surface area contributed by atoms with Gasteiger partial charge in [-0.2, -0.15) is 0 Å². The zero-order valence-electron chi connectivity index (χ0n) is 11.7. The van der Waals surface area contributed by atoms with Crippen molar-refractivity contribution in [1.29, 1.82) is 0 Å². The molecule has 0 unspecified atom stereocenters. The third-order valence-corrected chi connectivity index (χ3v) is 3.11. The maximum atomic E-state index is 6.18. The lowest BCUT2D eigenvalue weighted by Crippen LogP contribution is -2.20. The van der Waals surface area contributed by atoms with Gasteiger partial charge in [0.05, 0.1) is 0 Å². The number of nitrogens with one attached hydrogen (secondary N) is 1. The minimum absolute atomic E-state index is 0.723. The number of allylic oxidation sites excluding steroid dienone is 1. The van der Waals surface area contributed by atoms with Crippen molar-refractivity contribution in [3.8, 4) is 0 Å². The summed E-state index contributed by atoms with van der Waals surface area (Å²) in [6.07, 6.45) is 6.43. The molecular formula is C16H24ClN. The Labute approximate surface area is 116 Å². The molecule has 1 N–H and O–H groups in total. The van der Waals surface area contributed by atoms with Crippen molar-refractivity contribution in [3.05, 3.63) is 46.5 Å². The molecule has 0 amide bonds. The van der Waals surface area contributed by atoms with Gasteiger partial charge < -0.3 is 5.32 Å². The van der Waals surface area contributed by atoms with Crippen LogP contribution in [0.15, 0.2) is 30.4 Å². The van der Waals surface area contributed by atoms with Crippen molar-refractivity contribution >= 4 is 11.6 Å². The van der Waals surface area contributed by atoms with E-state index in [1.807, 2.05) is 6.07 Å². The normalized spacial score (nSPS) is 11.6. The predicted octanol–water partition coefficient (Wildman–Crippen LogP) is 4.38. The lowest BCUT2D eigenvalue weighted by Gasteiger charge is -2.05. The molecule has 0 atom stereocenters. The van der Waals surface area contributed by atoms with Gasteiger partial charge in [0, 0.05) is 5.02 Å². The second-order valence-corrected chi connectivity index (χ2v) is 5.56. The molecule has 1 aromatic rings. The maximum absolute atomic E-state index is 6.18. The quantitative estimate of drug-likeness (QED) is 0.570. The van der Waals surface area contributed by atoms with E-state index >= 15 is 0 Å². The van der Waals surface area contributed by atoms with E-state index < -0.39 is 0 Å². The molecule has 18 heavy (non-hydrogen) atoms. The largest absolute Gasteiger partial charge is 0.316 e. The summed E-state index contributed by atoms with van der Waals surface area (Å²) in [6.45, 7) is 8.66. The molecule has 0 aliphatic heterocycles. The topological polar surface area (TPSA) is 12.0 Å². The van der Waals surface area contributed by atoms with E-state index in [9.17, 15) is 0 Å². The SMILES string of the molecule is Cc1ccc(C/C=C/CCNCC(C)C)c(Cl)c1. The van der Waals surface area contributed by atoms with Gasteiger partial charge in [-0.3, -0.25) is 0 Å². The van der Waals surface area contributed by atoms with Gasteiger partial charge in [0.25, 0.3) is 0 Å². The van der Waals surface area contributed by atoms with Gasteiger partial charge in [-0.1, -0.05) is 49.7 Å². The van der Waals surface area contributed by atoms with Crippen LogP contribution in [0.25, 0.3) is 0 Å². The van der Waals surface area contributed by atoms with Gasteiger partial charge in [0.1, 0.15) is 0 Å². The molecule has 1 nitrogen and oxygen atoms in total. The number of halogens is 1. The second kappa shape index (κ2) is 8.34. The minimum atomic E-state index is 0.723. The van der Waals surface area contributed by atoms with E-state index in [0.29, 0.717) is 0 Å². The Hall–Kier alpha value is -0.790. The average Bonchev–Trinajstić information content (AvgIpc) is 2.30. The Kier molecular flexibility index (Phi) is 7.07. The van der Waals surface area contributed by atoms with Crippen LogP contribution in [0.4, 0.5) is 0 Å². The fraction of sp³-hybridized carbons (Fsp3) is 0.500. The highest BCUT2D eigenvalue weighted by molar-refractivity contribution is 6.31. The molecular weight excluding hydrogens is 242 g/mol. The first-order valence-electron chi connectivity index (χ1n) is 6.70. The molecule has 1 rings (SSSR count). The van der Waals surface area contributed by atoms with E-state index in [4.69, 9.17) is 11.6 Å². The van der Waals surface area contributed by atoms with E-state index in [2.05, 4.69) is 50.4 Å². The summed E-state index contributed by atoms with van der Waals surface area (Å²) in [7, 11) is 0. The smallest absolute Gasteiger partial charge is 0.0443 e. The van der Waals surface area contributed by atoms with Gasteiger partial charge in [0.2, 0.25) is 0 Å². The third kappa shape index (κ3) is 6.23. The summed E-state index contributed by atoms with van der Waals surface area (Å²) in [5.41, 5.74) is 2.42. The Morgan fingerprint density at radius 2 is 2.06 bits per heavy atom. The molecule has 0 saturated heterocycles. The van der Waals surface area contributed by atoms with Gasteiger partial charge in [0.15, 0.2) is 0 Å². The Morgan fingerprint density at radius 3 is 2.72 bits per heavy atom. The number of hydrogen-bond acceptors (Lipinski definition) is 1. The van der Waals surface area contributed by atoms with Crippen molar-refractivity contribution in [1.82, 2.24) is 5.32 Å². The minimum Gasteiger partial charge on any atom is -0.316 e. The monoisotopic (exact) mass is 265 g/mol.